The van der Waals surface area contributed by atoms with Gasteiger partial charge in [-0.2, -0.15) is 5.10 Å². The van der Waals surface area contributed by atoms with Crippen LogP contribution < -0.4 is 5.32 Å². The van der Waals surface area contributed by atoms with Gasteiger partial charge in [0.05, 0.1) is 23.7 Å². The largest absolute Gasteiger partial charge is 0.385 e. The molecule has 0 aliphatic rings. The second kappa shape index (κ2) is 8.22. The van der Waals surface area contributed by atoms with Crippen LogP contribution in [-0.2, 0) is 11.3 Å². The fourth-order valence-corrected chi connectivity index (χ4v) is 3.38. The van der Waals surface area contributed by atoms with Crippen molar-refractivity contribution in [3.63, 3.8) is 0 Å². The Morgan fingerprint density at radius 2 is 2.28 bits per heavy atom. The Labute approximate surface area is 150 Å². The summed E-state index contributed by atoms with van der Waals surface area (Å²) in [6.07, 6.45) is 3.56. The highest BCUT2D eigenvalue weighted by molar-refractivity contribution is 7.09. The number of aryl methyl sites for hydroxylation is 1. The number of pyridine rings is 1. The van der Waals surface area contributed by atoms with E-state index < -0.39 is 0 Å². The first-order chi connectivity index (χ1) is 12.2. The Morgan fingerprint density at radius 1 is 1.40 bits per heavy atom. The van der Waals surface area contributed by atoms with Crippen molar-refractivity contribution in [2.75, 3.05) is 20.3 Å². The number of fused-ring (bicyclic) bond motifs is 1. The first-order valence-corrected chi connectivity index (χ1v) is 9.19. The predicted octanol–water partition coefficient (Wildman–Crippen LogP) is 3.01. The minimum atomic E-state index is -0.0800. The van der Waals surface area contributed by atoms with E-state index in [0.717, 1.165) is 29.6 Å². The summed E-state index contributed by atoms with van der Waals surface area (Å²) in [7, 11) is 1.68. The van der Waals surface area contributed by atoms with Gasteiger partial charge in [0.25, 0.3) is 5.91 Å². The van der Waals surface area contributed by atoms with Gasteiger partial charge < -0.3 is 10.1 Å². The highest BCUT2D eigenvalue weighted by Crippen LogP contribution is 2.20. The van der Waals surface area contributed by atoms with Gasteiger partial charge in [0.15, 0.2) is 5.65 Å². The molecule has 132 valence electrons. The summed E-state index contributed by atoms with van der Waals surface area (Å²) in [5, 5.41) is 10.2. The lowest BCUT2D eigenvalue weighted by Crippen LogP contribution is -2.25. The third-order valence-electron chi connectivity index (χ3n) is 3.93. The zero-order valence-corrected chi connectivity index (χ0v) is 15.3. The monoisotopic (exact) mass is 358 g/mol. The van der Waals surface area contributed by atoms with Crippen molar-refractivity contribution in [3.8, 4) is 0 Å². The zero-order valence-electron chi connectivity index (χ0n) is 14.5. The second-order valence-corrected chi connectivity index (χ2v) is 6.92. The molecule has 0 aliphatic carbocycles. The minimum Gasteiger partial charge on any atom is -0.385 e. The number of ether oxygens (including phenoxy) is 1. The molecule has 3 aromatic heterocycles. The average Bonchev–Trinajstić information content (AvgIpc) is 3.25. The SMILES string of the molecule is COCCCCNC(=O)c1cc(C)nc2c1cnn2Cc1cccs1. The molecule has 0 bridgehead atoms. The number of hydrogen-bond acceptors (Lipinski definition) is 5. The van der Waals surface area contributed by atoms with Gasteiger partial charge in [-0.05, 0) is 37.3 Å². The van der Waals surface area contributed by atoms with Crippen molar-refractivity contribution < 1.29 is 9.53 Å². The quantitative estimate of drug-likeness (QED) is 0.629. The fourth-order valence-electron chi connectivity index (χ4n) is 2.70. The van der Waals surface area contributed by atoms with E-state index in [-0.39, 0.29) is 5.91 Å². The fraction of sp³-hybridized carbons (Fsp3) is 0.389. The molecule has 6 nitrogen and oxygen atoms in total. The van der Waals surface area contributed by atoms with Crippen molar-refractivity contribution in [1.29, 1.82) is 0 Å². The van der Waals surface area contributed by atoms with Crippen LogP contribution in [0.3, 0.4) is 0 Å². The summed E-state index contributed by atoms with van der Waals surface area (Å²) >= 11 is 1.68. The summed E-state index contributed by atoms with van der Waals surface area (Å²) in [5.74, 6) is -0.0800. The zero-order chi connectivity index (χ0) is 17.6. The highest BCUT2D eigenvalue weighted by atomic mass is 32.1. The molecule has 0 saturated heterocycles. The summed E-state index contributed by atoms with van der Waals surface area (Å²) in [5.41, 5.74) is 2.19. The first kappa shape index (κ1) is 17.6. The molecule has 0 radical (unpaired) electrons. The van der Waals surface area contributed by atoms with E-state index in [1.54, 1.807) is 24.6 Å². The maximum absolute atomic E-state index is 12.6. The van der Waals surface area contributed by atoms with Gasteiger partial charge in [-0.25, -0.2) is 9.67 Å². The van der Waals surface area contributed by atoms with E-state index in [1.807, 2.05) is 29.1 Å². The van der Waals surface area contributed by atoms with Crippen LogP contribution in [0.25, 0.3) is 11.0 Å². The number of amides is 1. The van der Waals surface area contributed by atoms with Crippen molar-refractivity contribution >= 4 is 28.3 Å². The molecule has 7 heteroatoms. The van der Waals surface area contributed by atoms with E-state index in [1.165, 1.54) is 4.88 Å². The molecule has 0 saturated carbocycles. The van der Waals surface area contributed by atoms with E-state index in [2.05, 4.69) is 21.5 Å². The number of hydrogen-bond donors (Lipinski definition) is 1. The lowest BCUT2D eigenvalue weighted by atomic mass is 10.1. The molecule has 0 spiro atoms. The molecule has 25 heavy (non-hydrogen) atoms. The maximum Gasteiger partial charge on any atom is 0.252 e. The standard InChI is InChI=1S/C18H22N4O2S/c1-13-10-15(18(23)19-7-3-4-8-24-2)16-11-20-22(17(16)21-13)12-14-6-5-9-25-14/h5-6,9-11H,3-4,7-8,12H2,1-2H3,(H,19,23). The van der Waals surface area contributed by atoms with Crippen LogP contribution >= 0.6 is 11.3 Å². The number of aromatic nitrogens is 3. The molecule has 0 aliphatic heterocycles. The average molecular weight is 358 g/mol. The molecule has 1 N–H and O–H groups in total. The van der Waals surface area contributed by atoms with Crippen LogP contribution in [0.1, 0.15) is 33.8 Å². The normalized spacial score (nSPS) is 11.1. The molecule has 3 aromatic rings. The predicted molar refractivity (Wildman–Crippen MR) is 99.1 cm³/mol. The van der Waals surface area contributed by atoms with E-state index in [9.17, 15) is 4.79 Å². The van der Waals surface area contributed by atoms with Crippen LogP contribution in [0.2, 0.25) is 0 Å². The van der Waals surface area contributed by atoms with E-state index in [4.69, 9.17) is 4.74 Å². The van der Waals surface area contributed by atoms with E-state index >= 15 is 0 Å². The Morgan fingerprint density at radius 3 is 3.04 bits per heavy atom. The molecule has 0 fully saturated rings. The highest BCUT2D eigenvalue weighted by Gasteiger charge is 2.15. The van der Waals surface area contributed by atoms with Crippen LogP contribution in [-0.4, -0.2) is 40.9 Å². The summed E-state index contributed by atoms with van der Waals surface area (Å²) in [4.78, 5) is 18.4. The van der Waals surface area contributed by atoms with Crippen LogP contribution in [0.5, 0.6) is 0 Å². The lowest BCUT2D eigenvalue weighted by Gasteiger charge is -2.08. The number of thiophene rings is 1. The Balaban J connectivity index is 1.79. The first-order valence-electron chi connectivity index (χ1n) is 8.31. The van der Waals surface area contributed by atoms with Crippen LogP contribution in [0, 0.1) is 6.92 Å². The van der Waals surface area contributed by atoms with Gasteiger partial charge in [0, 0.05) is 30.8 Å². The van der Waals surface area contributed by atoms with Crippen LogP contribution in [0.15, 0.2) is 29.8 Å². The molecule has 1 amide bonds. The van der Waals surface area contributed by atoms with Crippen molar-refractivity contribution in [1.82, 2.24) is 20.1 Å². The number of carbonyl (C=O) groups excluding carboxylic acids is 1. The minimum absolute atomic E-state index is 0.0800. The Bertz CT molecular complexity index is 842. The van der Waals surface area contributed by atoms with Crippen molar-refractivity contribution in [2.24, 2.45) is 0 Å². The molecule has 3 rings (SSSR count). The molecular formula is C18H22N4O2S. The van der Waals surface area contributed by atoms with Gasteiger partial charge in [0.2, 0.25) is 0 Å². The topological polar surface area (TPSA) is 69.0 Å². The number of unbranched alkanes of at least 4 members (excludes halogenated alkanes) is 1. The second-order valence-electron chi connectivity index (χ2n) is 5.89. The molecule has 3 heterocycles. The number of nitrogens with zero attached hydrogens (tertiary/aromatic N) is 3. The molecular weight excluding hydrogens is 336 g/mol. The number of carbonyl (C=O) groups is 1. The van der Waals surface area contributed by atoms with Gasteiger partial charge in [0.1, 0.15) is 0 Å². The summed E-state index contributed by atoms with van der Waals surface area (Å²) in [6, 6.07) is 5.92. The number of methoxy groups -OCH3 is 1. The van der Waals surface area contributed by atoms with E-state index in [0.29, 0.717) is 25.3 Å². The molecule has 0 aromatic carbocycles. The summed E-state index contributed by atoms with van der Waals surface area (Å²) < 4.78 is 6.87. The smallest absolute Gasteiger partial charge is 0.252 e. The third-order valence-corrected chi connectivity index (χ3v) is 4.79. The number of nitrogens with one attached hydrogen (secondary N) is 1. The van der Waals surface area contributed by atoms with Gasteiger partial charge in [-0.3, -0.25) is 4.79 Å². The lowest BCUT2D eigenvalue weighted by molar-refractivity contribution is 0.0953. The third kappa shape index (κ3) is 4.24. The maximum atomic E-state index is 12.6. The molecule has 0 unspecified atom stereocenters. The van der Waals surface area contributed by atoms with Crippen molar-refractivity contribution in [2.45, 2.75) is 26.3 Å². The Kier molecular flexibility index (Phi) is 5.78. The van der Waals surface area contributed by atoms with Gasteiger partial charge in [-0.1, -0.05) is 6.07 Å². The summed E-state index contributed by atoms with van der Waals surface area (Å²) in [6.45, 7) is 3.91. The number of rotatable bonds is 8. The van der Waals surface area contributed by atoms with Gasteiger partial charge in [-0.15, -0.1) is 11.3 Å². The molecule has 0 atom stereocenters. The van der Waals surface area contributed by atoms with Crippen molar-refractivity contribution in [3.05, 3.63) is 45.9 Å². The van der Waals surface area contributed by atoms with Gasteiger partial charge >= 0.3 is 0 Å². The Hall–Kier alpha value is -2.25. The van der Waals surface area contributed by atoms with Crippen LogP contribution in [0.4, 0.5) is 0 Å².